The van der Waals surface area contributed by atoms with Crippen LogP contribution in [0.25, 0.3) is 10.9 Å². The summed E-state index contributed by atoms with van der Waals surface area (Å²) in [6.45, 7) is 0. The van der Waals surface area contributed by atoms with Crippen LogP contribution in [0.4, 0.5) is 11.5 Å². The zero-order valence-corrected chi connectivity index (χ0v) is 14.0. The van der Waals surface area contributed by atoms with Crippen molar-refractivity contribution in [2.45, 2.75) is 3.79 Å². The van der Waals surface area contributed by atoms with Crippen molar-refractivity contribution in [3.8, 4) is 0 Å². The van der Waals surface area contributed by atoms with Gasteiger partial charge in [-0.2, -0.15) is 0 Å². The van der Waals surface area contributed by atoms with Crippen molar-refractivity contribution in [3.05, 3.63) is 59.4 Å². The summed E-state index contributed by atoms with van der Waals surface area (Å²) in [5, 5.41) is 4.62. The maximum absolute atomic E-state index is 6.00. The Bertz CT molecular complexity index is 830. The molecule has 1 N–H and O–H groups in total. The highest BCUT2D eigenvalue weighted by atomic mass is 35.6. The molecule has 112 valence electrons. The number of hydrogen-bond donors (Lipinski definition) is 1. The fourth-order valence-corrected chi connectivity index (χ4v) is 2.45. The largest absolute Gasteiger partial charge is 0.340 e. The molecule has 0 fully saturated rings. The third-order valence-corrected chi connectivity index (χ3v) is 3.69. The average molecular weight is 373 g/mol. The number of halogens is 4. The van der Waals surface area contributed by atoms with Crippen LogP contribution in [-0.4, -0.2) is 9.97 Å². The number of para-hydroxylation sites is 1. The number of anilines is 2. The first kappa shape index (κ1) is 15.6. The Morgan fingerprint density at radius 2 is 1.68 bits per heavy atom. The monoisotopic (exact) mass is 371 g/mol. The molecule has 0 atom stereocenters. The van der Waals surface area contributed by atoms with E-state index in [9.17, 15) is 0 Å². The molecule has 0 aliphatic heterocycles. The minimum Gasteiger partial charge on any atom is -0.340 e. The molecule has 3 rings (SSSR count). The van der Waals surface area contributed by atoms with Crippen molar-refractivity contribution < 1.29 is 0 Å². The summed E-state index contributed by atoms with van der Waals surface area (Å²) in [6, 6.07) is 14.8. The van der Waals surface area contributed by atoms with Gasteiger partial charge in [0.15, 0.2) is 5.82 Å². The molecule has 3 aromatic rings. The van der Waals surface area contributed by atoms with Gasteiger partial charge in [-0.1, -0.05) is 64.6 Å². The van der Waals surface area contributed by atoms with Gasteiger partial charge in [-0.15, -0.1) is 0 Å². The first-order valence-corrected chi connectivity index (χ1v) is 7.81. The zero-order valence-electron chi connectivity index (χ0n) is 11.0. The van der Waals surface area contributed by atoms with Gasteiger partial charge in [-0.3, -0.25) is 0 Å². The van der Waals surface area contributed by atoms with Crippen molar-refractivity contribution >= 4 is 68.8 Å². The number of aromatic nitrogens is 2. The Hall–Kier alpha value is -1.26. The highest BCUT2D eigenvalue weighted by molar-refractivity contribution is 6.66. The lowest BCUT2D eigenvalue weighted by molar-refractivity contribution is 0.999. The van der Waals surface area contributed by atoms with Gasteiger partial charge in [0.25, 0.3) is 0 Å². The summed E-state index contributed by atoms with van der Waals surface area (Å²) in [7, 11) is 0. The molecule has 0 saturated carbocycles. The van der Waals surface area contributed by atoms with Crippen LogP contribution in [-0.2, 0) is 3.79 Å². The van der Waals surface area contributed by atoms with Crippen LogP contribution in [0.3, 0.4) is 0 Å². The highest BCUT2D eigenvalue weighted by Gasteiger charge is 2.28. The second-order valence-corrected chi connectivity index (χ2v) is 7.26. The summed E-state index contributed by atoms with van der Waals surface area (Å²) in [4.78, 5) is 8.63. The van der Waals surface area contributed by atoms with Gasteiger partial charge in [0.2, 0.25) is 3.79 Å². The van der Waals surface area contributed by atoms with E-state index in [1.54, 1.807) is 12.1 Å². The van der Waals surface area contributed by atoms with Gasteiger partial charge in [0.1, 0.15) is 5.82 Å². The molecule has 0 amide bonds. The fourth-order valence-electron chi connectivity index (χ4n) is 2.00. The predicted molar refractivity (Wildman–Crippen MR) is 93.5 cm³/mol. The number of nitrogens with one attached hydrogen (secondary N) is 1. The fraction of sp³-hybridized carbons (Fsp3) is 0.0667. The van der Waals surface area contributed by atoms with Crippen LogP contribution in [0, 0.1) is 0 Å². The van der Waals surface area contributed by atoms with E-state index < -0.39 is 3.79 Å². The Balaban J connectivity index is 2.14. The molecule has 0 bridgehead atoms. The highest BCUT2D eigenvalue weighted by Crippen LogP contribution is 2.38. The normalized spacial score (nSPS) is 11.6. The molecule has 7 heteroatoms. The second-order valence-electron chi connectivity index (χ2n) is 4.55. The maximum atomic E-state index is 6.00. The Morgan fingerprint density at radius 1 is 0.909 bits per heavy atom. The predicted octanol–water partition coefficient (Wildman–Crippen LogP) is 5.85. The van der Waals surface area contributed by atoms with Gasteiger partial charge in [0.05, 0.1) is 5.52 Å². The SMILES string of the molecule is Clc1cccc(Nc2nc(C(Cl)(Cl)Cl)nc3ccccc23)c1. The Kier molecular flexibility index (Phi) is 4.33. The Labute approximate surface area is 147 Å². The molecule has 0 spiro atoms. The minimum atomic E-state index is -1.70. The molecule has 3 nitrogen and oxygen atoms in total. The number of fused-ring (bicyclic) bond motifs is 1. The van der Waals surface area contributed by atoms with Crippen LogP contribution >= 0.6 is 46.4 Å². The van der Waals surface area contributed by atoms with E-state index in [2.05, 4.69) is 15.3 Å². The molecule has 0 saturated heterocycles. The molecule has 0 radical (unpaired) electrons. The quantitative estimate of drug-likeness (QED) is 0.573. The standard InChI is InChI=1S/C15H9Cl4N3/c16-9-4-3-5-10(8-9)20-13-11-6-1-2-7-12(11)21-14(22-13)15(17,18)19/h1-8H,(H,20,21,22). The van der Waals surface area contributed by atoms with Crippen LogP contribution in [0.2, 0.25) is 5.02 Å². The first-order valence-electron chi connectivity index (χ1n) is 6.30. The summed E-state index contributed by atoms with van der Waals surface area (Å²) in [5.74, 6) is 0.662. The number of benzene rings is 2. The molecule has 1 aromatic heterocycles. The summed E-state index contributed by atoms with van der Waals surface area (Å²) in [6.07, 6.45) is 0. The van der Waals surface area contributed by atoms with Crippen LogP contribution in [0.5, 0.6) is 0 Å². The molecular weight excluding hydrogens is 364 g/mol. The van der Waals surface area contributed by atoms with E-state index in [-0.39, 0.29) is 5.82 Å². The lowest BCUT2D eigenvalue weighted by Crippen LogP contribution is -2.09. The van der Waals surface area contributed by atoms with Gasteiger partial charge in [-0.25, -0.2) is 9.97 Å². The smallest absolute Gasteiger partial charge is 0.250 e. The number of hydrogen-bond acceptors (Lipinski definition) is 3. The number of nitrogens with zero attached hydrogens (tertiary/aromatic N) is 2. The number of rotatable bonds is 2. The molecule has 0 aliphatic carbocycles. The topological polar surface area (TPSA) is 37.8 Å². The van der Waals surface area contributed by atoms with Crippen LogP contribution in [0.1, 0.15) is 5.82 Å². The Morgan fingerprint density at radius 3 is 2.41 bits per heavy atom. The van der Waals surface area contributed by atoms with Gasteiger partial charge in [-0.05, 0) is 30.3 Å². The van der Waals surface area contributed by atoms with Gasteiger partial charge in [0, 0.05) is 16.1 Å². The molecule has 2 aromatic carbocycles. The first-order chi connectivity index (χ1) is 10.4. The van der Waals surface area contributed by atoms with E-state index in [1.165, 1.54) is 0 Å². The second kappa shape index (κ2) is 6.09. The maximum Gasteiger partial charge on any atom is 0.250 e. The van der Waals surface area contributed by atoms with Crippen molar-refractivity contribution in [1.82, 2.24) is 9.97 Å². The van der Waals surface area contributed by atoms with E-state index >= 15 is 0 Å². The van der Waals surface area contributed by atoms with Crippen LogP contribution in [0.15, 0.2) is 48.5 Å². The summed E-state index contributed by atoms with van der Waals surface area (Å²) >= 11 is 23.7. The van der Waals surface area contributed by atoms with E-state index in [0.29, 0.717) is 16.4 Å². The van der Waals surface area contributed by atoms with Crippen molar-refractivity contribution in [1.29, 1.82) is 0 Å². The van der Waals surface area contributed by atoms with Crippen molar-refractivity contribution in [2.75, 3.05) is 5.32 Å². The number of alkyl halides is 3. The lowest BCUT2D eigenvalue weighted by Gasteiger charge is -2.14. The third-order valence-electron chi connectivity index (χ3n) is 2.94. The molecule has 0 aliphatic rings. The summed E-state index contributed by atoms with van der Waals surface area (Å²) in [5.41, 5.74) is 1.47. The molecule has 22 heavy (non-hydrogen) atoms. The van der Waals surface area contributed by atoms with E-state index in [1.807, 2.05) is 36.4 Å². The molecule has 1 heterocycles. The third kappa shape index (κ3) is 3.39. The molecular formula is C15H9Cl4N3. The minimum absolute atomic E-state index is 0.112. The van der Waals surface area contributed by atoms with Crippen molar-refractivity contribution in [3.63, 3.8) is 0 Å². The van der Waals surface area contributed by atoms with Crippen molar-refractivity contribution in [2.24, 2.45) is 0 Å². The van der Waals surface area contributed by atoms with Gasteiger partial charge < -0.3 is 5.32 Å². The van der Waals surface area contributed by atoms with E-state index in [0.717, 1.165) is 11.1 Å². The average Bonchev–Trinajstić information content (AvgIpc) is 2.46. The van der Waals surface area contributed by atoms with E-state index in [4.69, 9.17) is 46.4 Å². The molecule has 0 unspecified atom stereocenters. The van der Waals surface area contributed by atoms with Gasteiger partial charge >= 0.3 is 0 Å². The van der Waals surface area contributed by atoms with Crippen LogP contribution < -0.4 is 5.32 Å². The lowest BCUT2D eigenvalue weighted by atomic mass is 10.2. The summed E-state index contributed by atoms with van der Waals surface area (Å²) < 4.78 is -1.70. The zero-order chi connectivity index (χ0) is 15.7.